The maximum atomic E-state index is 13.8. The average molecular weight is 335 g/mol. The molecule has 116 valence electrons. The predicted molar refractivity (Wildman–Crippen MR) is 71.3 cm³/mol. The normalized spacial score (nSPS) is 11.1. The van der Waals surface area contributed by atoms with Crippen molar-refractivity contribution in [3.8, 4) is 5.75 Å². The van der Waals surface area contributed by atoms with Crippen molar-refractivity contribution in [2.75, 3.05) is 5.32 Å². The Kier molecular flexibility index (Phi) is 4.45. The highest BCUT2D eigenvalue weighted by Gasteiger charge is 2.31. The Morgan fingerprint density at radius 2 is 2.00 bits per heavy atom. The molecule has 0 aliphatic rings. The quantitative estimate of drug-likeness (QED) is 0.505. The molecule has 1 aromatic carbocycles. The van der Waals surface area contributed by atoms with Gasteiger partial charge < -0.3 is 15.5 Å². The summed E-state index contributed by atoms with van der Waals surface area (Å²) in [6, 6.07) is 2.55. The topological polar surface area (TPSA) is 70.9 Å². The first-order chi connectivity index (χ1) is 10.3. The summed E-state index contributed by atoms with van der Waals surface area (Å²) in [5.74, 6) is -1.64. The van der Waals surface area contributed by atoms with E-state index in [2.05, 4.69) is 20.0 Å². The van der Waals surface area contributed by atoms with E-state index in [1.807, 2.05) is 0 Å². The van der Waals surface area contributed by atoms with Gasteiger partial charge in [-0.3, -0.25) is 0 Å². The van der Waals surface area contributed by atoms with Crippen LogP contribution in [-0.4, -0.2) is 22.5 Å². The summed E-state index contributed by atoms with van der Waals surface area (Å²) in [7, 11) is 0. The summed E-state index contributed by atoms with van der Waals surface area (Å²) in [5.41, 5.74) is -0.0495. The van der Waals surface area contributed by atoms with Crippen LogP contribution in [0.5, 0.6) is 5.75 Å². The number of alkyl halides is 3. The van der Waals surface area contributed by atoms with Crippen molar-refractivity contribution in [1.29, 1.82) is 5.41 Å². The van der Waals surface area contributed by atoms with Crippen LogP contribution >= 0.6 is 11.6 Å². The number of nitrogens with one attached hydrogen (secondary N) is 2. The SMILES string of the molecule is N=Cc1c(Cl)ncnc1Nc1ccc(OC(F)(F)F)cc1F. The maximum absolute atomic E-state index is 13.8. The van der Waals surface area contributed by atoms with Crippen LogP contribution in [-0.2, 0) is 0 Å². The first-order valence-corrected chi connectivity index (χ1v) is 6.01. The molecule has 10 heteroatoms. The van der Waals surface area contributed by atoms with Gasteiger partial charge in [-0.15, -0.1) is 13.2 Å². The van der Waals surface area contributed by atoms with E-state index in [1.54, 1.807) is 0 Å². The third-order valence-electron chi connectivity index (χ3n) is 2.41. The number of nitrogens with zero attached hydrogens (tertiary/aromatic N) is 2. The van der Waals surface area contributed by atoms with E-state index in [0.29, 0.717) is 6.07 Å². The minimum absolute atomic E-state index is 0.0232. The van der Waals surface area contributed by atoms with Gasteiger partial charge in [0.25, 0.3) is 0 Å². The van der Waals surface area contributed by atoms with E-state index in [4.69, 9.17) is 17.0 Å². The van der Waals surface area contributed by atoms with E-state index in [0.717, 1.165) is 24.7 Å². The number of ether oxygens (including phenoxy) is 1. The highest BCUT2D eigenvalue weighted by molar-refractivity contribution is 6.32. The van der Waals surface area contributed by atoms with E-state index in [1.165, 1.54) is 0 Å². The zero-order chi connectivity index (χ0) is 16.3. The number of halogens is 5. The lowest BCUT2D eigenvalue weighted by Gasteiger charge is -2.12. The summed E-state index contributed by atoms with van der Waals surface area (Å²) in [5, 5.41) is 9.71. The van der Waals surface area contributed by atoms with Gasteiger partial charge in [0.1, 0.15) is 28.9 Å². The Balaban J connectivity index is 2.28. The van der Waals surface area contributed by atoms with Gasteiger partial charge in [-0.1, -0.05) is 11.6 Å². The summed E-state index contributed by atoms with van der Waals surface area (Å²) < 4.78 is 53.5. The van der Waals surface area contributed by atoms with Crippen molar-refractivity contribution >= 4 is 29.3 Å². The minimum atomic E-state index is -4.91. The van der Waals surface area contributed by atoms with Crippen molar-refractivity contribution < 1.29 is 22.3 Å². The Labute approximate surface area is 126 Å². The molecule has 0 amide bonds. The molecular weight excluding hydrogens is 328 g/mol. The fourth-order valence-corrected chi connectivity index (χ4v) is 1.71. The van der Waals surface area contributed by atoms with E-state index < -0.39 is 17.9 Å². The number of hydrogen-bond acceptors (Lipinski definition) is 5. The molecule has 0 bridgehead atoms. The number of rotatable bonds is 4. The van der Waals surface area contributed by atoms with Crippen molar-refractivity contribution in [2.24, 2.45) is 0 Å². The van der Waals surface area contributed by atoms with Crippen molar-refractivity contribution in [2.45, 2.75) is 6.36 Å². The Bertz CT molecular complexity index is 708. The lowest BCUT2D eigenvalue weighted by molar-refractivity contribution is -0.274. The Morgan fingerprint density at radius 3 is 2.59 bits per heavy atom. The van der Waals surface area contributed by atoms with Crippen LogP contribution in [0.25, 0.3) is 0 Å². The van der Waals surface area contributed by atoms with Crippen LogP contribution in [0.2, 0.25) is 5.15 Å². The van der Waals surface area contributed by atoms with E-state index >= 15 is 0 Å². The zero-order valence-corrected chi connectivity index (χ0v) is 11.3. The number of benzene rings is 1. The summed E-state index contributed by atoms with van der Waals surface area (Å²) >= 11 is 5.75. The highest BCUT2D eigenvalue weighted by atomic mass is 35.5. The molecule has 1 heterocycles. The fraction of sp³-hybridized carbons (Fsp3) is 0.0833. The molecule has 2 rings (SSSR count). The molecule has 0 radical (unpaired) electrons. The second kappa shape index (κ2) is 6.14. The molecule has 0 aliphatic carbocycles. The van der Waals surface area contributed by atoms with Crippen LogP contribution < -0.4 is 10.1 Å². The summed E-state index contributed by atoms with van der Waals surface area (Å²) in [6.07, 6.45) is -2.95. The molecule has 2 aromatic rings. The van der Waals surface area contributed by atoms with Crippen LogP contribution in [0.15, 0.2) is 24.5 Å². The molecule has 0 unspecified atom stereocenters. The molecule has 0 fully saturated rings. The standard InChI is InChI=1S/C12H7ClF4N4O/c13-10-7(4-18)11(20-5-19-10)21-9-2-1-6(3-8(9)14)22-12(15,16)17/h1-5,18H,(H,19,20,21). The van der Waals surface area contributed by atoms with Gasteiger partial charge in [-0.25, -0.2) is 14.4 Å². The maximum Gasteiger partial charge on any atom is 0.573 e. The summed E-state index contributed by atoms with van der Waals surface area (Å²) in [6.45, 7) is 0. The minimum Gasteiger partial charge on any atom is -0.406 e. The third-order valence-corrected chi connectivity index (χ3v) is 2.71. The van der Waals surface area contributed by atoms with Gasteiger partial charge in [-0.05, 0) is 12.1 Å². The monoisotopic (exact) mass is 334 g/mol. The molecule has 0 saturated heterocycles. The van der Waals surface area contributed by atoms with Crippen molar-refractivity contribution in [1.82, 2.24) is 9.97 Å². The second-order valence-corrected chi connectivity index (χ2v) is 4.24. The van der Waals surface area contributed by atoms with Crippen LogP contribution in [0.1, 0.15) is 5.56 Å². The van der Waals surface area contributed by atoms with Crippen LogP contribution in [0.4, 0.5) is 29.1 Å². The molecule has 22 heavy (non-hydrogen) atoms. The van der Waals surface area contributed by atoms with E-state index in [9.17, 15) is 17.6 Å². The molecule has 0 atom stereocenters. The van der Waals surface area contributed by atoms with Crippen molar-refractivity contribution in [3.05, 3.63) is 41.1 Å². The average Bonchev–Trinajstić information content (AvgIpc) is 2.40. The molecule has 0 saturated carbocycles. The fourth-order valence-electron chi connectivity index (χ4n) is 1.52. The van der Waals surface area contributed by atoms with Gasteiger partial charge >= 0.3 is 6.36 Å². The number of anilines is 2. The lowest BCUT2D eigenvalue weighted by atomic mass is 10.2. The highest BCUT2D eigenvalue weighted by Crippen LogP contribution is 2.28. The zero-order valence-electron chi connectivity index (χ0n) is 10.6. The lowest BCUT2D eigenvalue weighted by Crippen LogP contribution is -2.17. The second-order valence-electron chi connectivity index (χ2n) is 3.89. The van der Waals surface area contributed by atoms with Crippen molar-refractivity contribution in [3.63, 3.8) is 0 Å². The molecular formula is C12H7ClF4N4O. The molecule has 0 spiro atoms. The van der Waals surface area contributed by atoms with Gasteiger partial charge in [0.15, 0.2) is 0 Å². The van der Waals surface area contributed by atoms with Gasteiger partial charge in [0, 0.05) is 12.3 Å². The first-order valence-electron chi connectivity index (χ1n) is 5.63. The third kappa shape index (κ3) is 3.82. The smallest absolute Gasteiger partial charge is 0.406 e. The number of aromatic nitrogens is 2. The van der Waals surface area contributed by atoms with Gasteiger partial charge in [-0.2, -0.15) is 0 Å². The van der Waals surface area contributed by atoms with Crippen LogP contribution in [0.3, 0.4) is 0 Å². The summed E-state index contributed by atoms with van der Waals surface area (Å²) in [4.78, 5) is 7.45. The number of hydrogen-bond donors (Lipinski definition) is 2. The largest absolute Gasteiger partial charge is 0.573 e. The van der Waals surface area contributed by atoms with Gasteiger partial charge in [0.2, 0.25) is 0 Å². The molecule has 0 aliphatic heterocycles. The Hall–Kier alpha value is -2.42. The van der Waals surface area contributed by atoms with Crippen LogP contribution in [0, 0.1) is 11.2 Å². The molecule has 5 nitrogen and oxygen atoms in total. The van der Waals surface area contributed by atoms with Gasteiger partial charge in [0.05, 0.1) is 11.3 Å². The molecule has 1 aromatic heterocycles. The Morgan fingerprint density at radius 1 is 1.27 bits per heavy atom. The molecule has 2 N–H and O–H groups in total. The van der Waals surface area contributed by atoms with E-state index in [-0.39, 0.29) is 22.2 Å². The predicted octanol–water partition coefficient (Wildman–Crippen LogP) is 3.91. The first kappa shape index (κ1) is 16.0.